The maximum atomic E-state index is 2.30. The van der Waals surface area contributed by atoms with E-state index in [1.165, 1.54) is 38.8 Å². The van der Waals surface area contributed by atoms with Gasteiger partial charge in [0.1, 0.15) is 0 Å². The lowest BCUT2D eigenvalue weighted by molar-refractivity contribution is -0.878. The van der Waals surface area contributed by atoms with Crippen LogP contribution in [0.15, 0.2) is 0 Å². The van der Waals surface area contributed by atoms with Crippen LogP contribution in [0.3, 0.4) is 0 Å². The third-order valence-corrected chi connectivity index (χ3v) is 1.96. The second-order valence-electron chi connectivity index (χ2n) is 2.87. The van der Waals surface area contributed by atoms with E-state index in [1.54, 1.807) is 4.90 Å². The van der Waals surface area contributed by atoms with E-state index in [9.17, 15) is 0 Å². The third kappa shape index (κ3) is 3.93. The Hall–Kier alpha value is 0.440. The molecule has 2 heteroatoms. The molecule has 0 aromatic carbocycles. The van der Waals surface area contributed by atoms with E-state index in [2.05, 4.69) is 7.05 Å². The van der Waals surface area contributed by atoms with Gasteiger partial charge in [0.25, 0.3) is 0 Å². The predicted octanol–water partition coefficient (Wildman–Crippen LogP) is -2.92. The van der Waals surface area contributed by atoms with Crippen LogP contribution in [0.25, 0.3) is 0 Å². The Morgan fingerprint density at radius 1 is 0.889 bits per heavy atom. The second kappa shape index (κ2) is 5.24. The highest BCUT2D eigenvalue weighted by Crippen LogP contribution is 1.98. The summed E-state index contributed by atoms with van der Waals surface area (Å²) in [6.07, 6.45) is 5.84. The van der Waals surface area contributed by atoms with Gasteiger partial charge in [-0.05, 0) is 25.7 Å². The number of quaternary nitrogens is 1. The second-order valence-corrected chi connectivity index (χ2v) is 2.87. The summed E-state index contributed by atoms with van der Waals surface area (Å²) in [6.45, 7) is 2.81. The zero-order valence-electron chi connectivity index (χ0n) is 6.12. The zero-order chi connectivity index (χ0) is 5.82. The Labute approximate surface area is 68.2 Å². The third-order valence-electron chi connectivity index (χ3n) is 1.96. The molecule has 1 saturated heterocycles. The molecule has 0 bridgehead atoms. The lowest BCUT2D eigenvalue weighted by Crippen LogP contribution is -3.08. The monoisotopic (exact) mass is 193 g/mol. The minimum atomic E-state index is 0. The van der Waals surface area contributed by atoms with Crippen molar-refractivity contribution in [3.05, 3.63) is 0 Å². The zero-order valence-corrected chi connectivity index (χ0v) is 7.71. The molecule has 1 N–H and O–H groups in total. The van der Waals surface area contributed by atoms with Crippen molar-refractivity contribution < 1.29 is 21.9 Å². The summed E-state index contributed by atoms with van der Waals surface area (Å²) in [4.78, 5) is 1.72. The van der Waals surface area contributed by atoms with Crippen LogP contribution in [0.4, 0.5) is 0 Å². The molecule has 1 heterocycles. The fraction of sp³-hybridized carbons (Fsp3) is 1.00. The first-order valence-electron chi connectivity index (χ1n) is 3.71. The summed E-state index contributed by atoms with van der Waals surface area (Å²) in [5.41, 5.74) is 0. The first-order valence-corrected chi connectivity index (χ1v) is 3.71. The molecule has 9 heavy (non-hydrogen) atoms. The Kier molecular flexibility index (Phi) is 5.50. The number of nitrogens with one attached hydrogen (secondary N) is 1. The van der Waals surface area contributed by atoms with Crippen LogP contribution in [0.5, 0.6) is 0 Å². The van der Waals surface area contributed by atoms with E-state index in [0.717, 1.165) is 0 Å². The maximum absolute atomic E-state index is 2.30. The molecule has 1 aliphatic rings. The minimum absolute atomic E-state index is 0. The molecule has 0 spiro atoms. The van der Waals surface area contributed by atoms with E-state index in [-0.39, 0.29) is 17.0 Å². The van der Waals surface area contributed by atoms with Gasteiger partial charge in [-0.3, -0.25) is 0 Å². The molecular weight excluding hydrogens is 178 g/mol. The summed E-state index contributed by atoms with van der Waals surface area (Å²) in [5, 5.41) is 0. The van der Waals surface area contributed by atoms with Crippen molar-refractivity contribution in [3.63, 3.8) is 0 Å². The molecule has 0 atom stereocenters. The van der Waals surface area contributed by atoms with E-state index in [0.29, 0.717) is 0 Å². The number of hydrogen-bond donors (Lipinski definition) is 1. The lowest BCUT2D eigenvalue weighted by Gasteiger charge is -2.07. The van der Waals surface area contributed by atoms with Gasteiger partial charge in [-0.2, -0.15) is 0 Å². The van der Waals surface area contributed by atoms with Gasteiger partial charge in [-0.15, -0.1) is 0 Å². The minimum Gasteiger partial charge on any atom is -1.00 e. The standard InChI is InChI=1S/C7H15N.BrH/c1-8-6-4-2-3-5-7-8;/h2-7H2,1H3;1H. The van der Waals surface area contributed by atoms with Crippen molar-refractivity contribution in [3.8, 4) is 0 Å². The van der Waals surface area contributed by atoms with Gasteiger partial charge < -0.3 is 21.9 Å². The van der Waals surface area contributed by atoms with E-state index in [4.69, 9.17) is 0 Å². The van der Waals surface area contributed by atoms with E-state index in [1.807, 2.05) is 0 Å². The molecule has 0 unspecified atom stereocenters. The van der Waals surface area contributed by atoms with Crippen LogP contribution in [0.1, 0.15) is 25.7 Å². The summed E-state index contributed by atoms with van der Waals surface area (Å²) < 4.78 is 0. The van der Waals surface area contributed by atoms with Gasteiger partial charge in [0, 0.05) is 0 Å². The fourth-order valence-corrected chi connectivity index (χ4v) is 1.33. The molecule has 1 aliphatic heterocycles. The number of rotatable bonds is 0. The molecule has 1 fully saturated rings. The normalized spacial score (nSPS) is 22.3. The average Bonchev–Trinajstić information content (AvgIpc) is 1.94. The molecular formula is C7H16BrN. The van der Waals surface area contributed by atoms with Gasteiger partial charge in [-0.1, -0.05) is 0 Å². The first kappa shape index (κ1) is 9.44. The van der Waals surface area contributed by atoms with Crippen LogP contribution in [-0.4, -0.2) is 20.1 Å². The lowest BCUT2D eigenvalue weighted by atomic mass is 10.2. The molecule has 0 amide bonds. The maximum Gasteiger partial charge on any atom is 0.0768 e. The summed E-state index contributed by atoms with van der Waals surface area (Å²) >= 11 is 0. The molecule has 0 radical (unpaired) electrons. The van der Waals surface area contributed by atoms with E-state index < -0.39 is 0 Å². The highest BCUT2D eigenvalue weighted by atomic mass is 79.9. The van der Waals surface area contributed by atoms with Crippen LogP contribution in [0, 0.1) is 0 Å². The van der Waals surface area contributed by atoms with Crippen molar-refractivity contribution in [2.45, 2.75) is 25.7 Å². The van der Waals surface area contributed by atoms with Gasteiger partial charge in [0.05, 0.1) is 20.1 Å². The highest BCUT2D eigenvalue weighted by molar-refractivity contribution is 4.44. The molecule has 0 aromatic rings. The summed E-state index contributed by atoms with van der Waals surface area (Å²) in [6, 6.07) is 0. The molecule has 56 valence electrons. The smallest absolute Gasteiger partial charge is 0.0768 e. The van der Waals surface area contributed by atoms with Crippen LogP contribution in [-0.2, 0) is 0 Å². The van der Waals surface area contributed by atoms with Gasteiger partial charge in [0.2, 0.25) is 0 Å². The topological polar surface area (TPSA) is 4.44 Å². The molecule has 0 aliphatic carbocycles. The Balaban J connectivity index is 0.000000640. The SMILES string of the molecule is C[NH+]1CCCCCC1.[Br-]. The summed E-state index contributed by atoms with van der Waals surface area (Å²) in [5.74, 6) is 0. The predicted molar refractivity (Wildman–Crippen MR) is 35.1 cm³/mol. The Morgan fingerprint density at radius 3 is 1.78 bits per heavy atom. The summed E-state index contributed by atoms with van der Waals surface area (Å²) in [7, 11) is 2.30. The highest BCUT2D eigenvalue weighted by Gasteiger charge is 2.04. The number of halogens is 1. The number of likely N-dealkylation sites (tertiary alicyclic amines) is 1. The van der Waals surface area contributed by atoms with Crippen LogP contribution >= 0.6 is 0 Å². The average molecular weight is 194 g/mol. The van der Waals surface area contributed by atoms with Crippen molar-refractivity contribution in [2.24, 2.45) is 0 Å². The molecule has 1 nitrogen and oxygen atoms in total. The molecule has 0 aromatic heterocycles. The fourth-order valence-electron chi connectivity index (χ4n) is 1.33. The van der Waals surface area contributed by atoms with Crippen molar-refractivity contribution in [2.75, 3.05) is 20.1 Å². The van der Waals surface area contributed by atoms with Gasteiger partial charge >= 0.3 is 0 Å². The van der Waals surface area contributed by atoms with Gasteiger partial charge in [-0.25, -0.2) is 0 Å². The van der Waals surface area contributed by atoms with Crippen LogP contribution in [0.2, 0.25) is 0 Å². The largest absolute Gasteiger partial charge is 1.00 e. The van der Waals surface area contributed by atoms with Crippen molar-refractivity contribution >= 4 is 0 Å². The quantitative estimate of drug-likeness (QED) is 0.421. The number of hydrogen-bond acceptors (Lipinski definition) is 0. The van der Waals surface area contributed by atoms with E-state index >= 15 is 0 Å². The Bertz CT molecular complexity index is 57.9. The molecule has 0 saturated carbocycles. The Morgan fingerprint density at radius 2 is 1.33 bits per heavy atom. The molecule has 1 rings (SSSR count). The first-order chi connectivity index (χ1) is 3.89. The van der Waals surface area contributed by atoms with Crippen LogP contribution < -0.4 is 21.9 Å². The van der Waals surface area contributed by atoms with Gasteiger partial charge in [0.15, 0.2) is 0 Å². The van der Waals surface area contributed by atoms with Crippen molar-refractivity contribution in [1.29, 1.82) is 0 Å². The van der Waals surface area contributed by atoms with Crippen molar-refractivity contribution in [1.82, 2.24) is 0 Å².